The van der Waals surface area contributed by atoms with Gasteiger partial charge in [0.25, 0.3) is 0 Å². The van der Waals surface area contributed by atoms with Gasteiger partial charge in [-0.1, -0.05) is 24.3 Å². The van der Waals surface area contributed by atoms with Crippen molar-refractivity contribution in [3.8, 4) is 0 Å². The van der Waals surface area contributed by atoms with Gasteiger partial charge in [-0.15, -0.1) is 0 Å². The molecule has 1 fully saturated rings. The molecule has 1 saturated heterocycles. The summed E-state index contributed by atoms with van der Waals surface area (Å²) < 4.78 is 25.2. The van der Waals surface area contributed by atoms with Crippen LogP contribution in [0.15, 0.2) is 42.7 Å². The first kappa shape index (κ1) is 18.6. The van der Waals surface area contributed by atoms with E-state index in [1.54, 1.807) is 6.20 Å². The van der Waals surface area contributed by atoms with Crippen LogP contribution in [-0.2, 0) is 27.7 Å². The van der Waals surface area contributed by atoms with E-state index in [0.717, 1.165) is 17.4 Å². The summed E-state index contributed by atoms with van der Waals surface area (Å²) in [4.78, 5) is 12.8. The van der Waals surface area contributed by atoms with Gasteiger partial charge < -0.3 is 10.6 Å². The van der Waals surface area contributed by atoms with Crippen molar-refractivity contribution in [3.05, 3.63) is 53.9 Å². The van der Waals surface area contributed by atoms with Crippen LogP contribution in [-0.4, -0.2) is 48.2 Å². The van der Waals surface area contributed by atoms with Crippen molar-refractivity contribution in [1.29, 1.82) is 0 Å². The highest BCUT2D eigenvalue weighted by Gasteiger charge is 2.48. The van der Waals surface area contributed by atoms with Crippen LogP contribution in [0.1, 0.15) is 24.0 Å². The Kier molecular flexibility index (Phi) is 5.43. The first-order chi connectivity index (χ1) is 12.4. The van der Waals surface area contributed by atoms with Gasteiger partial charge >= 0.3 is 0 Å². The van der Waals surface area contributed by atoms with E-state index in [1.807, 2.05) is 41.2 Å². The summed E-state index contributed by atoms with van der Waals surface area (Å²) >= 11 is 0. The fraction of sp³-hybridized carbons (Fsp3) is 0.444. The van der Waals surface area contributed by atoms with E-state index in [0.29, 0.717) is 39.0 Å². The third kappa shape index (κ3) is 3.81. The molecule has 0 radical (unpaired) electrons. The van der Waals surface area contributed by atoms with E-state index in [2.05, 4.69) is 15.7 Å². The number of nitrogens with zero attached hydrogens (tertiary/aromatic N) is 2. The smallest absolute Gasteiger partial charge is 0.241 e. The molecular formula is C18H24N4O3S. The zero-order chi connectivity index (χ0) is 18.6. The number of piperidine rings is 1. The number of aromatic nitrogens is 2. The normalized spacial score (nSPS) is 17.0. The number of rotatable bonds is 6. The van der Waals surface area contributed by atoms with Crippen molar-refractivity contribution in [1.82, 2.24) is 20.4 Å². The maximum absolute atomic E-state index is 12.8. The second-order valence-electron chi connectivity index (χ2n) is 6.67. The molecule has 1 aromatic heterocycles. The lowest BCUT2D eigenvalue weighted by Gasteiger charge is -2.34. The van der Waals surface area contributed by atoms with Crippen molar-refractivity contribution in [2.24, 2.45) is 0 Å². The molecule has 26 heavy (non-hydrogen) atoms. The standard InChI is InChI=1S/C18H24N4O3S/c1-26(24,25)18(7-10-19-11-8-18)17(23)20-13-15-5-2-3-6-16(15)14-22-12-4-9-21-22/h2-6,9,12,19H,7-8,10-11,13-14H2,1H3,(H,20,23). The average molecular weight is 376 g/mol. The van der Waals surface area contributed by atoms with Crippen LogP contribution >= 0.6 is 0 Å². The van der Waals surface area contributed by atoms with Crippen LogP contribution in [0.25, 0.3) is 0 Å². The van der Waals surface area contributed by atoms with Gasteiger partial charge in [-0.25, -0.2) is 8.42 Å². The quantitative estimate of drug-likeness (QED) is 0.775. The summed E-state index contributed by atoms with van der Waals surface area (Å²) in [6.45, 7) is 1.94. The number of hydrogen-bond donors (Lipinski definition) is 2. The van der Waals surface area contributed by atoms with Crippen molar-refractivity contribution in [2.75, 3.05) is 19.3 Å². The van der Waals surface area contributed by atoms with Gasteiger partial charge in [0.05, 0.1) is 6.54 Å². The third-order valence-corrected chi connectivity index (χ3v) is 7.00. The zero-order valence-electron chi connectivity index (χ0n) is 14.8. The van der Waals surface area contributed by atoms with Crippen LogP contribution < -0.4 is 10.6 Å². The minimum absolute atomic E-state index is 0.293. The molecule has 0 unspecified atom stereocenters. The fourth-order valence-corrected chi connectivity index (χ4v) is 4.74. The zero-order valence-corrected chi connectivity index (χ0v) is 15.6. The molecular weight excluding hydrogens is 352 g/mol. The molecule has 1 amide bonds. The predicted molar refractivity (Wildman–Crippen MR) is 99.3 cm³/mol. The van der Waals surface area contributed by atoms with Gasteiger partial charge in [0.1, 0.15) is 0 Å². The fourth-order valence-electron chi connectivity index (χ4n) is 3.39. The highest BCUT2D eigenvalue weighted by molar-refractivity contribution is 7.92. The van der Waals surface area contributed by atoms with E-state index >= 15 is 0 Å². The highest BCUT2D eigenvalue weighted by atomic mass is 32.2. The first-order valence-corrected chi connectivity index (χ1v) is 10.5. The van der Waals surface area contributed by atoms with E-state index in [9.17, 15) is 13.2 Å². The molecule has 8 heteroatoms. The monoisotopic (exact) mass is 376 g/mol. The van der Waals surface area contributed by atoms with Gasteiger partial charge in [-0.3, -0.25) is 9.48 Å². The first-order valence-electron chi connectivity index (χ1n) is 8.65. The largest absolute Gasteiger partial charge is 0.351 e. The molecule has 1 aromatic carbocycles. The van der Waals surface area contributed by atoms with Crippen LogP contribution in [0.2, 0.25) is 0 Å². The van der Waals surface area contributed by atoms with Crippen molar-refractivity contribution < 1.29 is 13.2 Å². The summed E-state index contributed by atoms with van der Waals surface area (Å²) in [6, 6.07) is 9.63. The van der Waals surface area contributed by atoms with E-state index in [1.165, 1.54) is 0 Å². The molecule has 0 aliphatic carbocycles. The van der Waals surface area contributed by atoms with Crippen LogP contribution in [0.4, 0.5) is 0 Å². The molecule has 2 N–H and O–H groups in total. The lowest BCUT2D eigenvalue weighted by atomic mass is 9.95. The lowest BCUT2D eigenvalue weighted by Crippen LogP contribution is -2.57. The predicted octanol–water partition coefficient (Wildman–Crippen LogP) is 0.714. The van der Waals surface area contributed by atoms with Crippen LogP contribution in [0.5, 0.6) is 0 Å². The van der Waals surface area contributed by atoms with Crippen molar-refractivity contribution >= 4 is 15.7 Å². The Morgan fingerprint density at radius 2 is 1.92 bits per heavy atom. The minimum Gasteiger partial charge on any atom is -0.351 e. The number of nitrogens with one attached hydrogen (secondary N) is 2. The molecule has 3 rings (SSSR count). The van der Waals surface area contributed by atoms with Gasteiger partial charge in [-0.05, 0) is 43.1 Å². The minimum atomic E-state index is -3.51. The second kappa shape index (κ2) is 7.59. The topological polar surface area (TPSA) is 93.1 Å². The number of amides is 1. The number of carbonyl (C=O) groups excluding carboxylic acids is 1. The molecule has 1 aliphatic rings. The molecule has 7 nitrogen and oxygen atoms in total. The number of sulfone groups is 1. The number of hydrogen-bond acceptors (Lipinski definition) is 5. The highest BCUT2D eigenvalue weighted by Crippen LogP contribution is 2.28. The van der Waals surface area contributed by atoms with Gasteiger partial charge in [0, 0.05) is 25.2 Å². The Hall–Kier alpha value is -2.19. The molecule has 1 aliphatic heterocycles. The third-order valence-electron chi connectivity index (χ3n) is 4.98. The maximum Gasteiger partial charge on any atom is 0.241 e. The maximum atomic E-state index is 12.8. The van der Waals surface area contributed by atoms with Gasteiger partial charge in [0.15, 0.2) is 14.6 Å². The molecule has 140 valence electrons. The summed E-state index contributed by atoms with van der Waals surface area (Å²) in [5, 5.41) is 10.2. The SMILES string of the molecule is CS(=O)(=O)C1(C(=O)NCc2ccccc2Cn2cccn2)CCNCC1. The van der Waals surface area contributed by atoms with E-state index in [-0.39, 0.29) is 0 Å². The van der Waals surface area contributed by atoms with Crippen molar-refractivity contribution in [3.63, 3.8) is 0 Å². The Bertz CT molecular complexity index is 856. The summed E-state index contributed by atoms with van der Waals surface area (Å²) in [5.41, 5.74) is 1.99. The molecule has 2 aromatic rings. The molecule has 0 atom stereocenters. The Balaban J connectivity index is 1.75. The Morgan fingerprint density at radius 1 is 1.23 bits per heavy atom. The van der Waals surface area contributed by atoms with E-state index < -0.39 is 20.5 Å². The van der Waals surface area contributed by atoms with Gasteiger partial charge in [0.2, 0.25) is 5.91 Å². The number of carbonyl (C=O) groups is 1. The van der Waals surface area contributed by atoms with Gasteiger partial charge in [-0.2, -0.15) is 5.10 Å². The lowest BCUT2D eigenvalue weighted by molar-refractivity contribution is -0.124. The second-order valence-corrected chi connectivity index (χ2v) is 9.00. The van der Waals surface area contributed by atoms with Crippen LogP contribution in [0, 0.1) is 0 Å². The van der Waals surface area contributed by atoms with E-state index in [4.69, 9.17) is 0 Å². The molecule has 0 bridgehead atoms. The molecule has 2 heterocycles. The summed E-state index contributed by atoms with van der Waals surface area (Å²) in [6.07, 6.45) is 5.35. The Morgan fingerprint density at radius 3 is 2.54 bits per heavy atom. The molecule has 0 saturated carbocycles. The van der Waals surface area contributed by atoms with Crippen molar-refractivity contribution in [2.45, 2.75) is 30.7 Å². The average Bonchev–Trinajstić information content (AvgIpc) is 3.13. The number of benzene rings is 1. The van der Waals surface area contributed by atoms with Crippen LogP contribution in [0.3, 0.4) is 0 Å². The summed E-state index contributed by atoms with van der Waals surface area (Å²) in [5.74, 6) is -0.407. The Labute approximate surface area is 153 Å². The molecule has 0 spiro atoms. The summed E-state index contributed by atoms with van der Waals surface area (Å²) in [7, 11) is -3.51.